The fourth-order valence-electron chi connectivity index (χ4n) is 2.86. The lowest BCUT2D eigenvalue weighted by Gasteiger charge is -2.36. The average Bonchev–Trinajstić information content (AvgIpc) is 3.40. The van der Waals surface area contributed by atoms with E-state index in [1.165, 1.54) is 0 Å². The molecule has 1 aromatic rings. The van der Waals surface area contributed by atoms with E-state index in [1.54, 1.807) is 0 Å². The average molecular weight is 322 g/mol. The molecule has 1 saturated carbocycles. The number of carbonyl (C=O) groups excluding carboxylic acids is 2. The zero-order valence-electron chi connectivity index (χ0n) is 12.9. The SMILES string of the molecule is O=C(C1CC1)C(F)(F)C(=O)N1CCN(Cc2ccccc2)CC1. The maximum Gasteiger partial charge on any atom is 0.382 e. The van der Waals surface area contributed by atoms with Crippen molar-refractivity contribution in [1.29, 1.82) is 0 Å². The molecule has 23 heavy (non-hydrogen) atoms. The van der Waals surface area contributed by atoms with Gasteiger partial charge >= 0.3 is 11.8 Å². The topological polar surface area (TPSA) is 40.6 Å². The summed E-state index contributed by atoms with van der Waals surface area (Å²) in [4.78, 5) is 26.9. The molecule has 1 aliphatic heterocycles. The number of hydrogen-bond donors (Lipinski definition) is 0. The first-order valence-electron chi connectivity index (χ1n) is 7.96. The molecule has 0 radical (unpaired) electrons. The van der Waals surface area contributed by atoms with Crippen LogP contribution in [0.3, 0.4) is 0 Å². The maximum atomic E-state index is 14.0. The second-order valence-electron chi connectivity index (χ2n) is 6.27. The fourth-order valence-corrected chi connectivity index (χ4v) is 2.86. The van der Waals surface area contributed by atoms with Crippen molar-refractivity contribution in [2.75, 3.05) is 26.2 Å². The molecule has 4 nitrogen and oxygen atoms in total. The Morgan fingerprint density at radius 2 is 1.65 bits per heavy atom. The van der Waals surface area contributed by atoms with Crippen molar-refractivity contribution in [3.05, 3.63) is 35.9 Å². The number of hydrogen-bond acceptors (Lipinski definition) is 3. The van der Waals surface area contributed by atoms with Gasteiger partial charge in [0.05, 0.1) is 0 Å². The first-order valence-corrected chi connectivity index (χ1v) is 7.96. The predicted molar refractivity (Wildman–Crippen MR) is 81.0 cm³/mol. The van der Waals surface area contributed by atoms with E-state index in [1.807, 2.05) is 30.3 Å². The van der Waals surface area contributed by atoms with Gasteiger partial charge in [-0.1, -0.05) is 30.3 Å². The summed E-state index contributed by atoms with van der Waals surface area (Å²) in [6.07, 6.45) is 0.957. The van der Waals surface area contributed by atoms with E-state index in [-0.39, 0.29) is 13.1 Å². The van der Waals surface area contributed by atoms with Gasteiger partial charge in [-0.3, -0.25) is 14.5 Å². The highest BCUT2D eigenvalue weighted by Crippen LogP contribution is 2.36. The maximum absolute atomic E-state index is 14.0. The number of piperazine rings is 1. The third-order valence-corrected chi connectivity index (χ3v) is 4.43. The Morgan fingerprint density at radius 1 is 1.04 bits per heavy atom. The van der Waals surface area contributed by atoms with Crippen molar-refractivity contribution in [3.8, 4) is 0 Å². The molecule has 6 heteroatoms. The van der Waals surface area contributed by atoms with Crippen LogP contribution in [0.1, 0.15) is 18.4 Å². The Kier molecular flexibility index (Phi) is 4.43. The van der Waals surface area contributed by atoms with Crippen LogP contribution in [0.5, 0.6) is 0 Å². The molecule has 1 aromatic carbocycles. The second-order valence-corrected chi connectivity index (χ2v) is 6.27. The molecule has 2 fully saturated rings. The lowest BCUT2D eigenvalue weighted by Crippen LogP contribution is -2.55. The van der Waals surface area contributed by atoms with Crippen LogP contribution in [-0.4, -0.2) is 53.6 Å². The molecule has 0 aromatic heterocycles. The van der Waals surface area contributed by atoms with E-state index in [9.17, 15) is 18.4 Å². The van der Waals surface area contributed by atoms with Crippen molar-refractivity contribution >= 4 is 11.7 Å². The molecule has 0 bridgehead atoms. The first-order chi connectivity index (χ1) is 11.0. The van der Waals surface area contributed by atoms with Crippen LogP contribution in [0.25, 0.3) is 0 Å². The summed E-state index contributed by atoms with van der Waals surface area (Å²) in [5.41, 5.74) is 1.15. The van der Waals surface area contributed by atoms with Gasteiger partial charge in [0.2, 0.25) is 5.78 Å². The van der Waals surface area contributed by atoms with Gasteiger partial charge in [0, 0.05) is 38.6 Å². The summed E-state index contributed by atoms with van der Waals surface area (Å²) in [6.45, 7) is 2.28. The van der Waals surface area contributed by atoms with Crippen molar-refractivity contribution in [1.82, 2.24) is 9.80 Å². The van der Waals surface area contributed by atoms with Crippen LogP contribution in [-0.2, 0) is 16.1 Å². The Morgan fingerprint density at radius 3 is 2.22 bits per heavy atom. The highest BCUT2D eigenvalue weighted by molar-refractivity contribution is 6.09. The minimum Gasteiger partial charge on any atom is -0.334 e. The van der Waals surface area contributed by atoms with E-state index in [2.05, 4.69) is 4.90 Å². The number of carbonyl (C=O) groups is 2. The van der Waals surface area contributed by atoms with Crippen molar-refractivity contribution in [2.24, 2.45) is 5.92 Å². The summed E-state index contributed by atoms with van der Waals surface area (Å²) in [6, 6.07) is 9.89. The van der Waals surface area contributed by atoms with Gasteiger partial charge in [0.1, 0.15) is 0 Å². The number of nitrogens with zero attached hydrogens (tertiary/aromatic N) is 2. The molecule has 1 aliphatic carbocycles. The van der Waals surface area contributed by atoms with Crippen LogP contribution in [0, 0.1) is 5.92 Å². The van der Waals surface area contributed by atoms with Gasteiger partial charge in [-0.05, 0) is 18.4 Å². The first kappa shape index (κ1) is 16.1. The number of amides is 1. The molecule has 1 saturated heterocycles. The van der Waals surface area contributed by atoms with Crippen molar-refractivity contribution in [2.45, 2.75) is 25.3 Å². The molecule has 1 heterocycles. The largest absolute Gasteiger partial charge is 0.382 e. The van der Waals surface area contributed by atoms with Crippen LogP contribution >= 0.6 is 0 Å². The van der Waals surface area contributed by atoms with E-state index in [0.717, 1.165) is 17.0 Å². The monoisotopic (exact) mass is 322 g/mol. The van der Waals surface area contributed by atoms with Gasteiger partial charge in [-0.2, -0.15) is 8.78 Å². The Balaban J connectivity index is 1.54. The van der Waals surface area contributed by atoms with Crippen LogP contribution in [0.2, 0.25) is 0 Å². The number of alkyl halides is 2. The molecule has 0 N–H and O–H groups in total. The normalized spacial score (nSPS) is 19.7. The van der Waals surface area contributed by atoms with Crippen LogP contribution < -0.4 is 0 Å². The predicted octanol–water partition coefficient (Wildman–Crippen LogP) is 1.95. The summed E-state index contributed by atoms with van der Waals surface area (Å²) in [5, 5.41) is 0. The summed E-state index contributed by atoms with van der Waals surface area (Å²) in [7, 11) is 0. The van der Waals surface area contributed by atoms with E-state index in [4.69, 9.17) is 0 Å². The fraction of sp³-hybridized carbons (Fsp3) is 0.529. The zero-order chi connectivity index (χ0) is 16.4. The number of benzene rings is 1. The number of Topliss-reactive ketones (excluding diaryl/α,β-unsaturated/α-hetero) is 1. The van der Waals surface area contributed by atoms with E-state index >= 15 is 0 Å². The van der Waals surface area contributed by atoms with Crippen LogP contribution in [0.15, 0.2) is 30.3 Å². The molecule has 1 amide bonds. The zero-order valence-corrected chi connectivity index (χ0v) is 12.9. The Bertz CT molecular complexity index is 580. The molecule has 3 rings (SSSR count). The van der Waals surface area contributed by atoms with Gasteiger partial charge in [-0.15, -0.1) is 0 Å². The Labute approximate surface area is 134 Å². The molecular formula is C17H20F2N2O2. The smallest absolute Gasteiger partial charge is 0.334 e. The van der Waals surface area contributed by atoms with E-state index < -0.39 is 23.5 Å². The summed E-state index contributed by atoms with van der Waals surface area (Å²) in [5.74, 6) is -7.00. The minimum absolute atomic E-state index is 0.235. The molecule has 2 aliphatic rings. The van der Waals surface area contributed by atoms with Gasteiger partial charge in [-0.25, -0.2) is 0 Å². The highest BCUT2D eigenvalue weighted by Gasteiger charge is 2.54. The van der Waals surface area contributed by atoms with Crippen LogP contribution in [0.4, 0.5) is 8.78 Å². The lowest BCUT2D eigenvalue weighted by molar-refractivity contribution is -0.168. The van der Waals surface area contributed by atoms with Gasteiger partial charge in [0.25, 0.3) is 0 Å². The number of ketones is 1. The number of halogens is 2. The highest BCUT2D eigenvalue weighted by atomic mass is 19.3. The Hall–Kier alpha value is -1.82. The van der Waals surface area contributed by atoms with Gasteiger partial charge < -0.3 is 4.90 Å². The van der Waals surface area contributed by atoms with Crippen molar-refractivity contribution < 1.29 is 18.4 Å². The van der Waals surface area contributed by atoms with E-state index in [0.29, 0.717) is 25.9 Å². The molecule has 0 unspecified atom stereocenters. The third kappa shape index (κ3) is 3.58. The molecule has 0 spiro atoms. The lowest BCUT2D eigenvalue weighted by atomic mass is 10.1. The number of rotatable bonds is 5. The van der Waals surface area contributed by atoms with Crippen molar-refractivity contribution in [3.63, 3.8) is 0 Å². The minimum atomic E-state index is -3.86. The third-order valence-electron chi connectivity index (χ3n) is 4.43. The standard InChI is InChI=1S/C17H20F2N2O2/c18-17(19,15(22)14-6-7-14)16(23)21-10-8-20(9-11-21)12-13-4-2-1-3-5-13/h1-5,14H,6-12H2. The van der Waals surface area contributed by atoms with Gasteiger partial charge in [0.15, 0.2) is 0 Å². The molecule has 0 atom stereocenters. The summed E-state index contributed by atoms with van der Waals surface area (Å²) >= 11 is 0. The molecule has 124 valence electrons. The summed E-state index contributed by atoms with van der Waals surface area (Å²) < 4.78 is 28.0. The second kappa shape index (κ2) is 6.35. The quantitative estimate of drug-likeness (QED) is 0.778. The molecular weight excluding hydrogens is 302 g/mol.